The summed E-state index contributed by atoms with van der Waals surface area (Å²) in [5.41, 5.74) is 7.40. The Morgan fingerprint density at radius 1 is 1.06 bits per heavy atom. The summed E-state index contributed by atoms with van der Waals surface area (Å²) in [6.45, 7) is 0. The molecule has 0 unspecified atom stereocenters. The van der Waals surface area contributed by atoms with Gasteiger partial charge in [-0.1, -0.05) is 23.7 Å². The number of nitrogens with two attached hydrogens (primary N) is 1. The van der Waals surface area contributed by atoms with Crippen molar-refractivity contribution < 1.29 is 4.42 Å². The van der Waals surface area contributed by atoms with Crippen molar-refractivity contribution in [1.29, 1.82) is 0 Å². The second kappa shape index (κ2) is 3.75. The van der Waals surface area contributed by atoms with E-state index in [4.69, 9.17) is 21.8 Å². The first-order chi connectivity index (χ1) is 8.24. The minimum atomic E-state index is 0.413. The van der Waals surface area contributed by atoms with Crippen molar-refractivity contribution in [3.05, 3.63) is 41.4 Å². The molecule has 0 atom stereocenters. The van der Waals surface area contributed by atoms with Gasteiger partial charge < -0.3 is 10.2 Å². The van der Waals surface area contributed by atoms with Crippen LogP contribution in [0.2, 0.25) is 5.02 Å². The fraction of sp³-hybridized carbons (Fsp3) is 0. The van der Waals surface area contributed by atoms with E-state index in [1.54, 1.807) is 18.2 Å². The van der Waals surface area contributed by atoms with Crippen molar-refractivity contribution in [2.75, 3.05) is 5.73 Å². The smallest absolute Gasteiger partial charge is 0.230 e. The molecule has 2 aromatic heterocycles. The van der Waals surface area contributed by atoms with Crippen LogP contribution in [-0.4, -0.2) is 9.97 Å². The number of anilines is 1. The van der Waals surface area contributed by atoms with E-state index in [0.717, 1.165) is 5.56 Å². The molecule has 0 radical (unpaired) electrons. The summed E-state index contributed by atoms with van der Waals surface area (Å²) in [4.78, 5) is 8.34. The Hall–Kier alpha value is -2.07. The molecular weight excluding hydrogens is 238 g/mol. The summed E-state index contributed by atoms with van der Waals surface area (Å²) in [6.07, 6.45) is 0. The fourth-order valence-corrected chi connectivity index (χ4v) is 1.80. The Morgan fingerprint density at radius 3 is 2.71 bits per heavy atom. The van der Waals surface area contributed by atoms with Crippen LogP contribution in [0.1, 0.15) is 0 Å². The fourth-order valence-electron chi connectivity index (χ4n) is 1.58. The molecule has 0 saturated carbocycles. The number of aromatic nitrogens is 2. The molecule has 0 spiro atoms. The quantitative estimate of drug-likeness (QED) is 0.715. The summed E-state index contributed by atoms with van der Waals surface area (Å²) in [7, 11) is 0. The molecule has 0 amide bonds. The normalized spacial score (nSPS) is 10.9. The molecule has 2 heterocycles. The van der Waals surface area contributed by atoms with Crippen molar-refractivity contribution in [2.45, 2.75) is 0 Å². The van der Waals surface area contributed by atoms with E-state index in [2.05, 4.69) is 9.97 Å². The van der Waals surface area contributed by atoms with Crippen molar-refractivity contribution in [3.63, 3.8) is 0 Å². The first kappa shape index (κ1) is 10.1. The summed E-state index contributed by atoms with van der Waals surface area (Å²) >= 11 is 6.07. The average molecular weight is 246 g/mol. The molecule has 0 fully saturated rings. The van der Waals surface area contributed by atoms with Crippen LogP contribution >= 0.6 is 11.6 Å². The van der Waals surface area contributed by atoms with Gasteiger partial charge >= 0.3 is 0 Å². The zero-order valence-electron chi connectivity index (χ0n) is 8.72. The average Bonchev–Trinajstić information content (AvgIpc) is 2.72. The molecule has 3 rings (SSSR count). The SMILES string of the molecule is Nc1ccc2oc(-c3ccccc3Cl)nc2n1. The van der Waals surface area contributed by atoms with E-state index in [0.29, 0.717) is 28.0 Å². The molecule has 2 N–H and O–H groups in total. The number of benzene rings is 1. The Labute approximate surface area is 102 Å². The van der Waals surface area contributed by atoms with E-state index < -0.39 is 0 Å². The van der Waals surface area contributed by atoms with Crippen LogP contribution in [0, 0.1) is 0 Å². The van der Waals surface area contributed by atoms with Gasteiger partial charge in [0.25, 0.3) is 0 Å². The van der Waals surface area contributed by atoms with Gasteiger partial charge in [-0.05, 0) is 24.3 Å². The number of hydrogen-bond acceptors (Lipinski definition) is 4. The van der Waals surface area contributed by atoms with E-state index in [1.807, 2.05) is 18.2 Å². The highest BCUT2D eigenvalue weighted by molar-refractivity contribution is 6.33. The van der Waals surface area contributed by atoms with Crippen molar-refractivity contribution in [1.82, 2.24) is 9.97 Å². The van der Waals surface area contributed by atoms with Crippen LogP contribution in [0.15, 0.2) is 40.8 Å². The Kier molecular flexibility index (Phi) is 2.23. The van der Waals surface area contributed by atoms with Crippen LogP contribution < -0.4 is 5.73 Å². The van der Waals surface area contributed by atoms with E-state index in [1.165, 1.54) is 0 Å². The third-order valence-electron chi connectivity index (χ3n) is 2.38. The van der Waals surface area contributed by atoms with Crippen LogP contribution in [0.3, 0.4) is 0 Å². The van der Waals surface area contributed by atoms with Crippen LogP contribution in [0.25, 0.3) is 22.7 Å². The Bertz CT molecular complexity index is 693. The number of pyridine rings is 1. The van der Waals surface area contributed by atoms with Gasteiger partial charge in [0.15, 0.2) is 5.58 Å². The van der Waals surface area contributed by atoms with Crippen molar-refractivity contribution in [3.8, 4) is 11.5 Å². The maximum atomic E-state index is 6.07. The zero-order chi connectivity index (χ0) is 11.8. The second-order valence-electron chi connectivity index (χ2n) is 3.56. The van der Waals surface area contributed by atoms with Gasteiger partial charge in [-0.2, -0.15) is 4.98 Å². The number of hydrogen-bond donors (Lipinski definition) is 1. The van der Waals surface area contributed by atoms with Gasteiger partial charge in [0, 0.05) is 0 Å². The molecule has 5 heteroatoms. The summed E-state index contributed by atoms with van der Waals surface area (Å²) in [6, 6.07) is 10.8. The van der Waals surface area contributed by atoms with Gasteiger partial charge in [0.1, 0.15) is 5.82 Å². The molecule has 4 nitrogen and oxygen atoms in total. The van der Waals surface area contributed by atoms with Gasteiger partial charge in [-0.3, -0.25) is 0 Å². The first-order valence-corrected chi connectivity index (χ1v) is 5.40. The third kappa shape index (κ3) is 1.72. The second-order valence-corrected chi connectivity index (χ2v) is 3.96. The number of rotatable bonds is 1. The van der Waals surface area contributed by atoms with E-state index >= 15 is 0 Å². The lowest BCUT2D eigenvalue weighted by Gasteiger charge is -1.96. The molecule has 1 aromatic carbocycles. The van der Waals surface area contributed by atoms with E-state index in [-0.39, 0.29) is 0 Å². The summed E-state index contributed by atoms with van der Waals surface area (Å²) < 4.78 is 5.58. The maximum absolute atomic E-state index is 6.07. The molecule has 0 aliphatic heterocycles. The summed E-state index contributed by atoms with van der Waals surface area (Å²) in [5, 5.41) is 0.590. The molecule has 84 valence electrons. The standard InChI is InChI=1S/C12H8ClN3O/c13-8-4-2-1-3-7(8)12-16-11-9(17-12)5-6-10(14)15-11/h1-6H,(H2,14,15). The zero-order valence-corrected chi connectivity index (χ0v) is 9.48. The van der Waals surface area contributed by atoms with Crippen LogP contribution in [0.4, 0.5) is 5.82 Å². The van der Waals surface area contributed by atoms with Gasteiger partial charge in [0.05, 0.1) is 10.6 Å². The molecular formula is C12H8ClN3O. The monoisotopic (exact) mass is 245 g/mol. The third-order valence-corrected chi connectivity index (χ3v) is 2.71. The molecule has 0 aliphatic rings. The lowest BCUT2D eigenvalue weighted by atomic mass is 10.2. The number of halogens is 1. The van der Waals surface area contributed by atoms with Gasteiger partial charge in [0.2, 0.25) is 11.5 Å². The van der Waals surface area contributed by atoms with E-state index in [9.17, 15) is 0 Å². The van der Waals surface area contributed by atoms with Crippen molar-refractivity contribution >= 4 is 28.6 Å². The summed E-state index contributed by atoms with van der Waals surface area (Å²) in [5.74, 6) is 0.861. The number of fused-ring (bicyclic) bond motifs is 1. The highest BCUT2D eigenvalue weighted by atomic mass is 35.5. The van der Waals surface area contributed by atoms with Gasteiger partial charge in [-0.15, -0.1) is 0 Å². The first-order valence-electron chi connectivity index (χ1n) is 5.02. The van der Waals surface area contributed by atoms with Crippen molar-refractivity contribution in [2.24, 2.45) is 0 Å². The molecule has 0 bridgehead atoms. The number of oxazole rings is 1. The highest BCUT2D eigenvalue weighted by Gasteiger charge is 2.11. The molecule has 0 saturated heterocycles. The minimum Gasteiger partial charge on any atom is -0.434 e. The largest absolute Gasteiger partial charge is 0.434 e. The topological polar surface area (TPSA) is 64.9 Å². The molecule has 0 aliphatic carbocycles. The maximum Gasteiger partial charge on any atom is 0.230 e. The van der Waals surface area contributed by atoms with Gasteiger partial charge in [-0.25, -0.2) is 4.98 Å². The predicted octanol–water partition coefficient (Wildman–Crippen LogP) is 3.13. The lowest BCUT2D eigenvalue weighted by Crippen LogP contribution is -1.88. The van der Waals surface area contributed by atoms with Crippen LogP contribution in [-0.2, 0) is 0 Å². The Balaban J connectivity index is 2.22. The molecule has 3 aromatic rings. The predicted molar refractivity (Wildman–Crippen MR) is 66.7 cm³/mol. The highest BCUT2D eigenvalue weighted by Crippen LogP contribution is 2.29. The van der Waals surface area contributed by atoms with Crippen LogP contribution in [0.5, 0.6) is 0 Å². The Morgan fingerprint density at radius 2 is 1.88 bits per heavy atom. The minimum absolute atomic E-state index is 0.413. The molecule has 17 heavy (non-hydrogen) atoms. The number of nitrogen functional groups attached to an aromatic ring is 1. The number of nitrogens with zero attached hydrogens (tertiary/aromatic N) is 2. The lowest BCUT2D eigenvalue weighted by molar-refractivity contribution is 0.620.